The molecule has 0 radical (unpaired) electrons. The third-order valence-electron chi connectivity index (χ3n) is 1.70. The van der Waals surface area contributed by atoms with E-state index in [0.717, 1.165) is 0 Å². The number of aryl methyl sites for hydroxylation is 1. The summed E-state index contributed by atoms with van der Waals surface area (Å²) in [5, 5.41) is 0. The zero-order valence-electron chi connectivity index (χ0n) is 8.01. The van der Waals surface area contributed by atoms with Crippen LogP contribution in [0.4, 0.5) is 13.2 Å². The van der Waals surface area contributed by atoms with Gasteiger partial charge in [0.1, 0.15) is 5.69 Å². The van der Waals surface area contributed by atoms with Gasteiger partial charge in [0.25, 0.3) is 0 Å². The molecule has 0 saturated carbocycles. The summed E-state index contributed by atoms with van der Waals surface area (Å²) in [6, 6.07) is 0. The molecular weight excluding hydrogens is 209 g/mol. The van der Waals surface area contributed by atoms with E-state index in [9.17, 15) is 18.0 Å². The number of aromatic nitrogens is 2. The average Bonchev–Trinajstić information content (AvgIpc) is 2.14. The summed E-state index contributed by atoms with van der Waals surface area (Å²) < 4.78 is 35.4. The quantitative estimate of drug-likeness (QED) is 0.731. The van der Waals surface area contributed by atoms with Gasteiger partial charge in [0.2, 0.25) is 0 Å². The molecule has 1 aromatic rings. The summed E-state index contributed by atoms with van der Waals surface area (Å²) in [6.45, 7) is 1.68. The number of rotatable bonds is 3. The van der Waals surface area contributed by atoms with Gasteiger partial charge < -0.3 is 0 Å². The van der Waals surface area contributed by atoms with Crippen molar-refractivity contribution in [3.63, 3.8) is 0 Å². The molecule has 0 bridgehead atoms. The number of Topliss-reactive ketones (excluding diaryl/α,β-unsaturated/α-hetero) is 1. The number of ketones is 1. The van der Waals surface area contributed by atoms with E-state index in [1.165, 1.54) is 12.4 Å². The van der Waals surface area contributed by atoms with Crippen molar-refractivity contribution in [3.8, 4) is 0 Å². The molecule has 0 aliphatic carbocycles. The normalized spacial score (nSPS) is 11.5. The van der Waals surface area contributed by atoms with Gasteiger partial charge in [-0.1, -0.05) is 0 Å². The maximum absolute atomic E-state index is 11.8. The molecule has 0 aliphatic heterocycles. The molecule has 0 aliphatic rings. The lowest BCUT2D eigenvalue weighted by Gasteiger charge is -2.04. The van der Waals surface area contributed by atoms with Crippen LogP contribution in [-0.2, 0) is 0 Å². The first-order chi connectivity index (χ1) is 6.88. The molecule has 0 amide bonds. The first kappa shape index (κ1) is 11.6. The maximum atomic E-state index is 11.8. The van der Waals surface area contributed by atoms with Crippen molar-refractivity contribution in [2.75, 3.05) is 0 Å². The van der Waals surface area contributed by atoms with Crippen LogP contribution in [0.3, 0.4) is 0 Å². The average molecular weight is 218 g/mol. The molecule has 1 heterocycles. The van der Waals surface area contributed by atoms with Crippen LogP contribution in [0.1, 0.15) is 29.0 Å². The van der Waals surface area contributed by atoms with Crippen LogP contribution in [0.25, 0.3) is 0 Å². The van der Waals surface area contributed by atoms with Crippen LogP contribution in [0.2, 0.25) is 0 Å². The fourth-order valence-corrected chi connectivity index (χ4v) is 0.920. The van der Waals surface area contributed by atoms with Crippen molar-refractivity contribution < 1.29 is 18.0 Å². The molecule has 15 heavy (non-hydrogen) atoms. The van der Waals surface area contributed by atoms with Gasteiger partial charge in [0.05, 0.1) is 18.3 Å². The SMILES string of the molecule is Cc1cnc(C(=O)CCC(F)(F)F)cn1. The second-order valence-electron chi connectivity index (χ2n) is 3.08. The highest BCUT2D eigenvalue weighted by Crippen LogP contribution is 2.22. The summed E-state index contributed by atoms with van der Waals surface area (Å²) in [7, 11) is 0. The predicted molar refractivity (Wildman–Crippen MR) is 46.4 cm³/mol. The van der Waals surface area contributed by atoms with E-state index < -0.39 is 24.8 Å². The van der Waals surface area contributed by atoms with Gasteiger partial charge in [0, 0.05) is 12.6 Å². The second-order valence-corrected chi connectivity index (χ2v) is 3.08. The van der Waals surface area contributed by atoms with Gasteiger partial charge in [-0.3, -0.25) is 9.78 Å². The minimum atomic E-state index is -4.31. The number of halogens is 3. The lowest BCUT2D eigenvalue weighted by molar-refractivity contribution is -0.133. The van der Waals surface area contributed by atoms with Crippen LogP contribution in [0.15, 0.2) is 12.4 Å². The summed E-state index contributed by atoms with van der Waals surface area (Å²) in [5.74, 6) is -0.639. The molecule has 0 fully saturated rings. The smallest absolute Gasteiger partial charge is 0.292 e. The highest BCUT2D eigenvalue weighted by atomic mass is 19.4. The molecule has 3 nitrogen and oxygen atoms in total. The topological polar surface area (TPSA) is 42.9 Å². The number of alkyl halides is 3. The standard InChI is InChI=1S/C9H9F3N2O/c1-6-4-14-7(5-13-6)8(15)2-3-9(10,11)12/h4-5H,2-3H2,1H3. The van der Waals surface area contributed by atoms with E-state index in [-0.39, 0.29) is 5.69 Å². The predicted octanol–water partition coefficient (Wildman–Crippen LogP) is 2.31. The highest BCUT2D eigenvalue weighted by molar-refractivity contribution is 5.93. The Morgan fingerprint density at radius 2 is 2.00 bits per heavy atom. The van der Waals surface area contributed by atoms with Gasteiger partial charge in [0.15, 0.2) is 5.78 Å². The summed E-state index contributed by atoms with van der Waals surface area (Å²) in [6.07, 6.45) is -3.48. The van der Waals surface area contributed by atoms with E-state index in [2.05, 4.69) is 9.97 Å². The first-order valence-corrected chi connectivity index (χ1v) is 4.27. The Labute approximate surface area is 84.4 Å². The van der Waals surface area contributed by atoms with Crippen molar-refractivity contribution in [1.29, 1.82) is 0 Å². The monoisotopic (exact) mass is 218 g/mol. The number of hydrogen-bond acceptors (Lipinski definition) is 3. The van der Waals surface area contributed by atoms with Crippen molar-refractivity contribution in [3.05, 3.63) is 23.8 Å². The number of hydrogen-bond donors (Lipinski definition) is 0. The molecule has 0 aromatic carbocycles. The Morgan fingerprint density at radius 3 is 2.47 bits per heavy atom. The van der Waals surface area contributed by atoms with Crippen molar-refractivity contribution in [2.45, 2.75) is 25.9 Å². The molecule has 6 heteroatoms. The highest BCUT2D eigenvalue weighted by Gasteiger charge is 2.28. The maximum Gasteiger partial charge on any atom is 0.389 e. The van der Waals surface area contributed by atoms with Crippen LogP contribution in [-0.4, -0.2) is 21.9 Å². The Hall–Kier alpha value is -1.46. The molecule has 82 valence electrons. The lowest BCUT2D eigenvalue weighted by Crippen LogP contribution is -2.12. The number of carbonyl (C=O) groups excluding carboxylic acids is 1. The minimum Gasteiger partial charge on any atom is -0.292 e. The zero-order chi connectivity index (χ0) is 11.5. The fourth-order valence-electron chi connectivity index (χ4n) is 0.920. The molecule has 1 aromatic heterocycles. The van der Waals surface area contributed by atoms with Crippen LogP contribution in [0, 0.1) is 6.92 Å². The third kappa shape index (κ3) is 4.05. The van der Waals surface area contributed by atoms with Gasteiger partial charge in [-0.05, 0) is 6.92 Å². The van der Waals surface area contributed by atoms with E-state index in [4.69, 9.17) is 0 Å². The van der Waals surface area contributed by atoms with Crippen LogP contribution >= 0.6 is 0 Å². The zero-order valence-corrected chi connectivity index (χ0v) is 8.01. The van der Waals surface area contributed by atoms with Gasteiger partial charge in [-0.25, -0.2) is 4.98 Å². The van der Waals surface area contributed by atoms with E-state index in [1.54, 1.807) is 6.92 Å². The molecule has 0 atom stereocenters. The van der Waals surface area contributed by atoms with Gasteiger partial charge in [-0.15, -0.1) is 0 Å². The molecule has 0 N–H and O–H groups in total. The van der Waals surface area contributed by atoms with Crippen molar-refractivity contribution in [2.24, 2.45) is 0 Å². The fraction of sp³-hybridized carbons (Fsp3) is 0.444. The van der Waals surface area contributed by atoms with Crippen LogP contribution in [0.5, 0.6) is 0 Å². The Kier molecular flexibility index (Phi) is 3.39. The van der Waals surface area contributed by atoms with Crippen molar-refractivity contribution >= 4 is 5.78 Å². The first-order valence-electron chi connectivity index (χ1n) is 4.27. The number of nitrogens with zero attached hydrogens (tertiary/aromatic N) is 2. The van der Waals surface area contributed by atoms with Gasteiger partial charge in [-0.2, -0.15) is 13.2 Å². The minimum absolute atomic E-state index is 0.0233. The summed E-state index contributed by atoms with van der Waals surface area (Å²) in [4.78, 5) is 18.7. The van der Waals surface area contributed by atoms with Crippen molar-refractivity contribution in [1.82, 2.24) is 9.97 Å². The van der Waals surface area contributed by atoms with E-state index in [1.807, 2.05) is 0 Å². The van der Waals surface area contributed by atoms with E-state index in [0.29, 0.717) is 5.69 Å². The summed E-state index contributed by atoms with van der Waals surface area (Å²) >= 11 is 0. The molecular formula is C9H9F3N2O. The van der Waals surface area contributed by atoms with E-state index >= 15 is 0 Å². The van der Waals surface area contributed by atoms with Gasteiger partial charge >= 0.3 is 6.18 Å². The second kappa shape index (κ2) is 4.37. The lowest BCUT2D eigenvalue weighted by atomic mass is 10.2. The number of carbonyl (C=O) groups is 1. The largest absolute Gasteiger partial charge is 0.389 e. The molecule has 1 rings (SSSR count). The Balaban J connectivity index is 2.58. The Morgan fingerprint density at radius 1 is 1.33 bits per heavy atom. The summed E-state index contributed by atoms with van der Waals surface area (Å²) in [5.41, 5.74) is 0.590. The molecule has 0 spiro atoms. The Bertz CT molecular complexity index is 345. The molecule has 0 saturated heterocycles. The van der Waals surface area contributed by atoms with Crippen LogP contribution < -0.4 is 0 Å². The third-order valence-corrected chi connectivity index (χ3v) is 1.70. The molecule has 0 unspecified atom stereocenters.